The number of hydrogen-bond acceptors (Lipinski definition) is 1. The Kier molecular flexibility index (Phi) is 5.23. The SMILES string of the molecule is CC[Si](CC)(CC)O[C@H]1c2ccccc2C[C@H]2CC=CC=C[C@H]21. The average molecular weight is 327 g/mol. The lowest BCUT2D eigenvalue weighted by molar-refractivity contribution is 0.0992. The third-order valence-corrected chi connectivity index (χ3v) is 10.7. The Hall–Kier alpha value is -1.12. The Labute approximate surface area is 142 Å². The van der Waals surface area contributed by atoms with Crippen LogP contribution < -0.4 is 0 Å². The van der Waals surface area contributed by atoms with E-state index < -0.39 is 8.32 Å². The van der Waals surface area contributed by atoms with Crippen molar-refractivity contribution in [3.8, 4) is 0 Å². The molecule has 1 aromatic carbocycles. The molecule has 0 amide bonds. The van der Waals surface area contributed by atoms with Gasteiger partial charge in [0.15, 0.2) is 8.32 Å². The van der Waals surface area contributed by atoms with E-state index in [2.05, 4.69) is 69.3 Å². The second kappa shape index (κ2) is 7.19. The van der Waals surface area contributed by atoms with Gasteiger partial charge in [0.25, 0.3) is 0 Å². The topological polar surface area (TPSA) is 9.23 Å². The fourth-order valence-corrected chi connectivity index (χ4v) is 7.13. The molecule has 2 aliphatic rings. The molecule has 124 valence electrons. The average Bonchev–Trinajstić information content (AvgIpc) is 2.84. The predicted molar refractivity (Wildman–Crippen MR) is 101 cm³/mol. The van der Waals surface area contributed by atoms with E-state index in [9.17, 15) is 0 Å². The van der Waals surface area contributed by atoms with Gasteiger partial charge in [-0.25, -0.2) is 0 Å². The van der Waals surface area contributed by atoms with Crippen LogP contribution in [-0.2, 0) is 10.8 Å². The fraction of sp³-hybridized carbons (Fsp3) is 0.524. The molecule has 3 rings (SSSR count). The smallest absolute Gasteiger partial charge is 0.192 e. The molecule has 0 fully saturated rings. The third-order valence-electron chi connectivity index (χ3n) is 6.07. The van der Waals surface area contributed by atoms with Crippen LogP contribution in [-0.4, -0.2) is 8.32 Å². The Morgan fingerprint density at radius 2 is 1.78 bits per heavy atom. The molecule has 0 heterocycles. The van der Waals surface area contributed by atoms with Gasteiger partial charge in [0.1, 0.15) is 0 Å². The lowest BCUT2D eigenvalue weighted by Gasteiger charge is -2.42. The van der Waals surface area contributed by atoms with E-state index in [1.54, 1.807) is 0 Å². The van der Waals surface area contributed by atoms with Crippen molar-refractivity contribution in [2.24, 2.45) is 11.8 Å². The van der Waals surface area contributed by atoms with Crippen LogP contribution in [0, 0.1) is 11.8 Å². The standard InChI is InChI=1S/C21H30OSi/c1-4-23(5-2,6-3)22-21-19-14-9-7-8-12-17(19)16-18-13-10-11-15-20(18)21/h7-11,13-15,17,19,21H,4-6,12,16H2,1-3H3/t17-,19-,21-/m1/s1. The number of allylic oxidation sites excluding steroid dienone is 3. The van der Waals surface area contributed by atoms with Gasteiger partial charge in [0.2, 0.25) is 0 Å². The highest BCUT2D eigenvalue weighted by atomic mass is 28.4. The van der Waals surface area contributed by atoms with E-state index >= 15 is 0 Å². The molecule has 0 radical (unpaired) electrons. The van der Waals surface area contributed by atoms with E-state index in [1.807, 2.05) is 0 Å². The van der Waals surface area contributed by atoms with Gasteiger partial charge < -0.3 is 4.43 Å². The molecule has 0 N–H and O–H groups in total. The van der Waals surface area contributed by atoms with Crippen LogP contribution >= 0.6 is 0 Å². The fourth-order valence-electron chi connectivity index (χ4n) is 4.31. The van der Waals surface area contributed by atoms with Crippen LogP contribution in [0.2, 0.25) is 18.1 Å². The van der Waals surface area contributed by atoms with Crippen LogP contribution in [0.5, 0.6) is 0 Å². The normalized spacial score (nSPS) is 26.5. The first-order valence-corrected chi connectivity index (χ1v) is 11.8. The molecule has 3 atom stereocenters. The summed E-state index contributed by atoms with van der Waals surface area (Å²) >= 11 is 0. The Bertz CT molecular complexity index is 577. The van der Waals surface area contributed by atoms with Gasteiger partial charge in [0, 0.05) is 5.92 Å². The summed E-state index contributed by atoms with van der Waals surface area (Å²) in [4.78, 5) is 0. The van der Waals surface area contributed by atoms with E-state index in [0.717, 1.165) is 0 Å². The molecule has 1 nitrogen and oxygen atoms in total. The first-order valence-electron chi connectivity index (χ1n) is 9.32. The molecule has 0 saturated heterocycles. The highest BCUT2D eigenvalue weighted by Gasteiger charge is 2.40. The lowest BCUT2D eigenvalue weighted by Crippen LogP contribution is -2.41. The zero-order valence-corrected chi connectivity index (χ0v) is 15.8. The zero-order valence-electron chi connectivity index (χ0n) is 14.8. The highest BCUT2D eigenvalue weighted by Crippen LogP contribution is 2.46. The minimum atomic E-state index is -1.62. The summed E-state index contributed by atoms with van der Waals surface area (Å²) in [6.45, 7) is 6.99. The van der Waals surface area contributed by atoms with Gasteiger partial charge in [-0.15, -0.1) is 0 Å². The zero-order chi connectivity index (χ0) is 16.3. The molecule has 0 bridgehead atoms. The van der Waals surface area contributed by atoms with Crippen LogP contribution in [0.3, 0.4) is 0 Å². The minimum Gasteiger partial charge on any atom is -0.409 e. The maximum Gasteiger partial charge on any atom is 0.192 e. The molecule has 23 heavy (non-hydrogen) atoms. The van der Waals surface area contributed by atoms with Crippen molar-refractivity contribution < 1.29 is 4.43 Å². The van der Waals surface area contributed by atoms with Gasteiger partial charge in [-0.1, -0.05) is 69.3 Å². The van der Waals surface area contributed by atoms with Gasteiger partial charge in [-0.3, -0.25) is 0 Å². The van der Waals surface area contributed by atoms with Crippen molar-refractivity contribution in [1.29, 1.82) is 0 Å². The third kappa shape index (κ3) is 3.25. The van der Waals surface area contributed by atoms with Crippen molar-refractivity contribution in [1.82, 2.24) is 0 Å². The first kappa shape index (κ1) is 16.7. The van der Waals surface area contributed by atoms with Gasteiger partial charge >= 0.3 is 0 Å². The minimum absolute atomic E-state index is 0.257. The summed E-state index contributed by atoms with van der Waals surface area (Å²) in [5.41, 5.74) is 2.96. The van der Waals surface area contributed by atoms with Crippen molar-refractivity contribution in [2.75, 3.05) is 0 Å². The summed E-state index contributed by atoms with van der Waals surface area (Å²) in [5, 5.41) is 0. The van der Waals surface area contributed by atoms with Gasteiger partial charge in [-0.05, 0) is 48.0 Å². The molecular formula is C21H30OSi. The predicted octanol–water partition coefficient (Wildman–Crippen LogP) is 6.05. The summed E-state index contributed by atoms with van der Waals surface area (Å²) in [6.07, 6.45) is 11.8. The van der Waals surface area contributed by atoms with E-state index in [4.69, 9.17) is 4.43 Å². The largest absolute Gasteiger partial charge is 0.409 e. The van der Waals surface area contributed by atoms with Crippen LogP contribution in [0.15, 0.2) is 48.6 Å². The Morgan fingerprint density at radius 1 is 1.04 bits per heavy atom. The van der Waals surface area contributed by atoms with E-state index in [0.29, 0.717) is 11.8 Å². The summed E-state index contributed by atoms with van der Waals surface area (Å²) in [5.74, 6) is 1.21. The maximum atomic E-state index is 7.04. The monoisotopic (exact) mass is 326 g/mol. The summed E-state index contributed by atoms with van der Waals surface area (Å²) in [7, 11) is -1.62. The molecule has 2 aliphatic carbocycles. The van der Waals surface area contributed by atoms with Crippen molar-refractivity contribution in [3.63, 3.8) is 0 Å². The van der Waals surface area contributed by atoms with Crippen LogP contribution in [0.25, 0.3) is 0 Å². The number of benzene rings is 1. The number of hydrogen-bond donors (Lipinski definition) is 0. The molecule has 0 unspecified atom stereocenters. The summed E-state index contributed by atoms with van der Waals surface area (Å²) < 4.78 is 7.04. The lowest BCUT2D eigenvalue weighted by atomic mass is 9.73. The number of rotatable bonds is 5. The maximum absolute atomic E-state index is 7.04. The Morgan fingerprint density at radius 3 is 2.52 bits per heavy atom. The second-order valence-electron chi connectivity index (χ2n) is 7.07. The quantitative estimate of drug-likeness (QED) is 0.598. The molecular weight excluding hydrogens is 296 g/mol. The van der Waals surface area contributed by atoms with Gasteiger partial charge in [0.05, 0.1) is 6.10 Å². The molecule has 0 saturated carbocycles. The van der Waals surface area contributed by atoms with Crippen LogP contribution in [0.1, 0.15) is 44.4 Å². The van der Waals surface area contributed by atoms with E-state index in [-0.39, 0.29) is 6.10 Å². The highest BCUT2D eigenvalue weighted by molar-refractivity contribution is 6.73. The van der Waals surface area contributed by atoms with Crippen LogP contribution in [0.4, 0.5) is 0 Å². The van der Waals surface area contributed by atoms with Gasteiger partial charge in [-0.2, -0.15) is 0 Å². The van der Waals surface area contributed by atoms with Crippen molar-refractivity contribution in [2.45, 2.75) is 57.8 Å². The first-order chi connectivity index (χ1) is 11.2. The number of fused-ring (bicyclic) bond motifs is 2. The molecule has 0 aromatic heterocycles. The molecule has 2 heteroatoms. The van der Waals surface area contributed by atoms with E-state index in [1.165, 1.54) is 42.1 Å². The Balaban J connectivity index is 2.00. The van der Waals surface area contributed by atoms with Crippen molar-refractivity contribution >= 4 is 8.32 Å². The molecule has 1 aromatic rings. The molecule has 0 aliphatic heterocycles. The van der Waals surface area contributed by atoms with Crippen molar-refractivity contribution in [3.05, 3.63) is 59.7 Å². The molecule has 0 spiro atoms. The second-order valence-corrected chi connectivity index (χ2v) is 11.8. The summed E-state index contributed by atoms with van der Waals surface area (Å²) in [6, 6.07) is 12.6.